The van der Waals surface area contributed by atoms with Crippen molar-refractivity contribution >= 4 is 29.5 Å². The van der Waals surface area contributed by atoms with Crippen LogP contribution < -0.4 is 15.1 Å². The number of amides is 1. The number of morpholine rings is 1. The summed E-state index contributed by atoms with van der Waals surface area (Å²) in [6.07, 6.45) is -0.821. The maximum Gasteiger partial charge on any atom is 0.326 e. The molecule has 2 heterocycles. The van der Waals surface area contributed by atoms with E-state index in [9.17, 15) is 24.8 Å². The minimum absolute atomic E-state index is 0.0365. The number of hydrogen-bond donors (Lipinski definition) is 3. The van der Waals surface area contributed by atoms with E-state index in [4.69, 9.17) is 19.3 Å². The first-order valence-electron chi connectivity index (χ1n) is 10.5. The molecule has 0 aliphatic carbocycles. The fraction of sp³-hybridized carbons (Fsp3) is 0.600. The maximum atomic E-state index is 13.1. The molecule has 1 fully saturated rings. The fourth-order valence-corrected chi connectivity index (χ4v) is 3.19. The van der Waals surface area contributed by atoms with E-state index >= 15 is 0 Å². The van der Waals surface area contributed by atoms with Crippen molar-refractivity contribution in [3.63, 3.8) is 0 Å². The number of nitrogens with one attached hydrogen (secondary N) is 1. The molecule has 1 aromatic heterocycles. The Labute approximate surface area is 196 Å². The monoisotopic (exact) mass is 480 g/mol. The number of carboxylic acid groups (broad SMARTS) is 2. The molecule has 1 amide bonds. The summed E-state index contributed by atoms with van der Waals surface area (Å²) in [5.41, 5.74) is -0.266. The molecule has 1 aliphatic heterocycles. The van der Waals surface area contributed by atoms with Gasteiger partial charge in [-0.05, 0) is 0 Å². The van der Waals surface area contributed by atoms with Crippen LogP contribution in [0.3, 0.4) is 0 Å². The van der Waals surface area contributed by atoms with Crippen LogP contribution in [0, 0.1) is 11.3 Å². The molecule has 0 saturated carbocycles. The molecule has 1 aliphatic rings. The average molecular weight is 480 g/mol. The van der Waals surface area contributed by atoms with Crippen LogP contribution in [0.1, 0.15) is 22.6 Å². The highest BCUT2D eigenvalue weighted by Gasteiger charge is 2.30. The van der Waals surface area contributed by atoms with Gasteiger partial charge in [0, 0.05) is 40.4 Å². The van der Waals surface area contributed by atoms with Crippen LogP contribution in [0.25, 0.3) is 0 Å². The number of carbonyl (C=O) groups is 3. The lowest BCUT2D eigenvalue weighted by Crippen LogP contribution is -2.44. The molecule has 0 bridgehead atoms. The summed E-state index contributed by atoms with van der Waals surface area (Å²) in [6.45, 7) is 2.68. The van der Waals surface area contributed by atoms with E-state index in [0.29, 0.717) is 52.6 Å². The van der Waals surface area contributed by atoms with Crippen LogP contribution in [0.4, 0.5) is 11.6 Å². The molecule has 1 saturated heterocycles. The van der Waals surface area contributed by atoms with Crippen LogP contribution in [0.2, 0.25) is 0 Å². The smallest absolute Gasteiger partial charge is 0.326 e. The summed E-state index contributed by atoms with van der Waals surface area (Å²) in [7, 11) is 3.03. The Hall–Kier alpha value is -3.54. The summed E-state index contributed by atoms with van der Waals surface area (Å²) in [4.78, 5) is 47.8. The first-order valence-corrected chi connectivity index (χ1v) is 10.5. The van der Waals surface area contributed by atoms with Gasteiger partial charge in [-0.25, -0.2) is 14.8 Å². The Morgan fingerprint density at radius 2 is 1.79 bits per heavy atom. The summed E-state index contributed by atoms with van der Waals surface area (Å²) < 4.78 is 15.6. The molecule has 1 unspecified atom stereocenters. The number of aromatic nitrogens is 2. The molecule has 14 heteroatoms. The number of ether oxygens (including phenoxy) is 3. The number of carbonyl (C=O) groups excluding carboxylic acids is 1. The number of methoxy groups -OCH3 is 2. The number of rotatable bonds is 13. The second kappa shape index (κ2) is 13.2. The van der Waals surface area contributed by atoms with Gasteiger partial charge in [0.2, 0.25) is 0 Å². The topological polar surface area (TPSA) is 187 Å². The first-order chi connectivity index (χ1) is 16.3. The third-order valence-electron chi connectivity index (χ3n) is 4.90. The van der Waals surface area contributed by atoms with Crippen molar-refractivity contribution in [3.05, 3.63) is 11.4 Å². The number of hydrogen-bond acceptors (Lipinski definition) is 11. The quantitative estimate of drug-likeness (QED) is 0.310. The van der Waals surface area contributed by atoms with Crippen LogP contribution in [-0.4, -0.2) is 111 Å². The van der Waals surface area contributed by atoms with Gasteiger partial charge < -0.3 is 39.5 Å². The van der Waals surface area contributed by atoms with Crippen molar-refractivity contribution in [1.29, 1.82) is 5.26 Å². The zero-order valence-electron chi connectivity index (χ0n) is 19.0. The van der Waals surface area contributed by atoms with Gasteiger partial charge in [0.1, 0.15) is 12.1 Å². The van der Waals surface area contributed by atoms with Crippen molar-refractivity contribution in [2.24, 2.45) is 0 Å². The lowest BCUT2D eigenvalue weighted by Gasteiger charge is -2.30. The highest BCUT2D eigenvalue weighted by Crippen LogP contribution is 2.25. The van der Waals surface area contributed by atoms with Crippen molar-refractivity contribution < 1.29 is 38.8 Å². The van der Waals surface area contributed by atoms with Crippen LogP contribution in [0.15, 0.2) is 0 Å². The first kappa shape index (κ1) is 26.7. The summed E-state index contributed by atoms with van der Waals surface area (Å²) in [5.74, 6) is -3.64. The van der Waals surface area contributed by atoms with E-state index in [1.165, 1.54) is 14.2 Å². The van der Waals surface area contributed by atoms with Crippen LogP contribution in [0.5, 0.6) is 0 Å². The molecule has 2 rings (SSSR count). The van der Waals surface area contributed by atoms with Gasteiger partial charge in [0.05, 0.1) is 32.8 Å². The lowest BCUT2D eigenvalue weighted by molar-refractivity contribution is -0.145. The molecule has 1 atom stereocenters. The SMILES string of the molecule is COCCN(CCOC)c1nc(C(=O)NC(CC(=O)O)C(=O)O)c(N2CCOCC2)nc1C#N. The minimum atomic E-state index is -1.68. The molecule has 0 spiro atoms. The zero-order chi connectivity index (χ0) is 25.1. The van der Waals surface area contributed by atoms with E-state index in [1.54, 1.807) is 9.80 Å². The normalized spacial score (nSPS) is 14.2. The summed E-state index contributed by atoms with van der Waals surface area (Å²) >= 11 is 0. The maximum absolute atomic E-state index is 13.1. The Balaban J connectivity index is 2.55. The number of nitriles is 1. The zero-order valence-corrected chi connectivity index (χ0v) is 19.0. The van der Waals surface area contributed by atoms with Gasteiger partial charge in [0.25, 0.3) is 5.91 Å². The van der Waals surface area contributed by atoms with Gasteiger partial charge in [-0.1, -0.05) is 0 Å². The van der Waals surface area contributed by atoms with Crippen LogP contribution >= 0.6 is 0 Å². The number of anilines is 2. The van der Waals surface area contributed by atoms with Crippen molar-refractivity contribution in [1.82, 2.24) is 15.3 Å². The number of nitrogens with zero attached hydrogens (tertiary/aromatic N) is 5. The Kier molecular flexibility index (Phi) is 10.4. The van der Waals surface area contributed by atoms with E-state index in [-0.39, 0.29) is 23.0 Å². The molecule has 1 aromatic rings. The van der Waals surface area contributed by atoms with E-state index in [1.807, 2.05) is 6.07 Å². The molecule has 0 radical (unpaired) electrons. The second-order valence-corrected chi connectivity index (χ2v) is 7.21. The number of carboxylic acids is 2. The van der Waals surface area contributed by atoms with Gasteiger partial charge in [0.15, 0.2) is 23.0 Å². The molecular formula is C20H28N6O8. The van der Waals surface area contributed by atoms with Gasteiger partial charge in [-0.3, -0.25) is 9.59 Å². The number of aliphatic carboxylic acids is 2. The van der Waals surface area contributed by atoms with Crippen LogP contribution in [-0.2, 0) is 23.8 Å². The fourth-order valence-electron chi connectivity index (χ4n) is 3.19. The standard InChI is InChI=1S/C20H28N6O8/c1-32-7-3-25(4-8-33-2)17-14(12-21)22-18(26-5-9-34-10-6-26)16(24-17)19(29)23-13(20(30)31)11-15(27)28/h13H,3-11H2,1-2H3,(H,23,29)(H,27,28)(H,30,31). The molecule has 186 valence electrons. The van der Waals surface area contributed by atoms with Crippen molar-refractivity contribution in [2.75, 3.05) is 76.6 Å². The molecule has 34 heavy (non-hydrogen) atoms. The summed E-state index contributed by atoms with van der Waals surface area (Å²) in [6, 6.07) is 0.322. The lowest BCUT2D eigenvalue weighted by atomic mass is 10.2. The van der Waals surface area contributed by atoms with Gasteiger partial charge in [-0.15, -0.1) is 0 Å². The molecular weight excluding hydrogens is 452 g/mol. The molecule has 3 N–H and O–H groups in total. The third kappa shape index (κ3) is 7.24. The largest absolute Gasteiger partial charge is 0.481 e. The van der Waals surface area contributed by atoms with Crippen molar-refractivity contribution in [3.8, 4) is 6.07 Å². The minimum Gasteiger partial charge on any atom is -0.481 e. The highest BCUT2D eigenvalue weighted by atomic mass is 16.5. The van der Waals surface area contributed by atoms with Gasteiger partial charge in [-0.2, -0.15) is 5.26 Å². The Bertz CT molecular complexity index is 907. The second-order valence-electron chi connectivity index (χ2n) is 7.21. The Morgan fingerprint density at radius 1 is 1.18 bits per heavy atom. The van der Waals surface area contributed by atoms with E-state index < -0.39 is 30.3 Å². The predicted octanol–water partition coefficient (Wildman–Crippen LogP) is -1.06. The van der Waals surface area contributed by atoms with E-state index in [0.717, 1.165) is 0 Å². The highest BCUT2D eigenvalue weighted by molar-refractivity contribution is 6.00. The molecule has 0 aromatic carbocycles. The molecule has 14 nitrogen and oxygen atoms in total. The Morgan fingerprint density at radius 3 is 2.29 bits per heavy atom. The predicted molar refractivity (Wildman–Crippen MR) is 117 cm³/mol. The van der Waals surface area contributed by atoms with Gasteiger partial charge >= 0.3 is 11.9 Å². The summed E-state index contributed by atoms with van der Waals surface area (Å²) in [5, 5.41) is 30.3. The van der Waals surface area contributed by atoms with E-state index in [2.05, 4.69) is 15.3 Å². The van der Waals surface area contributed by atoms with Crippen molar-refractivity contribution in [2.45, 2.75) is 12.5 Å². The third-order valence-corrected chi connectivity index (χ3v) is 4.90. The average Bonchev–Trinajstić information content (AvgIpc) is 2.83.